The zero-order chi connectivity index (χ0) is 17.7. The van der Waals surface area contributed by atoms with Crippen LogP contribution in [0, 0.1) is 11.8 Å². The van der Waals surface area contributed by atoms with Crippen LogP contribution in [0.1, 0.15) is 39.2 Å². The van der Waals surface area contributed by atoms with Crippen molar-refractivity contribution in [2.45, 2.75) is 46.2 Å². The van der Waals surface area contributed by atoms with Gasteiger partial charge in [0.25, 0.3) is 0 Å². The fourth-order valence-corrected chi connectivity index (χ4v) is 3.28. The van der Waals surface area contributed by atoms with E-state index in [2.05, 4.69) is 19.2 Å². The predicted molar refractivity (Wildman–Crippen MR) is 93.6 cm³/mol. The molecule has 5 nitrogen and oxygen atoms in total. The average Bonchev–Trinajstić information content (AvgIpc) is 2.56. The molecule has 2 atom stereocenters. The highest BCUT2D eigenvalue weighted by Crippen LogP contribution is 2.26. The Morgan fingerprint density at radius 1 is 1.38 bits per heavy atom. The number of hydrogen-bond donors (Lipinski definition) is 1. The second-order valence-electron chi connectivity index (χ2n) is 6.86. The van der Waals surface area contributed by atoms with Crippen molar-refractivity contribution < 1.29 is 14.3 Å². The first-order valence-electron chi connectivity index (χ1n) is 8.63. The van der Waals surface area contributed by atoms with Gasteiger partial charge < -0.3 is 15.0 Å². The molecule has 1 aliphatic heterocycles. The number of rotatable bonds is 6. The molecule has 0 spiro atoms. The Bertz CT molecular complexity index is 586. The van der Waals surface area contributed by atoms with Gasteiger partial charge in [0.1, 0.15) is 5.75 Å². The van der Waals surface area contributed by atoms with Crippen LogP contribution >= 0.6 is 0 Å². The van der Waals surface area contributed by atoms with Crippen LogP contribution in [0.2, 0.25) is 0 Å². The van der Waals surface area contributed by atoms with Crippen LogP contribution < -0.4 is 10.1 Å². The number of para-hydroxylation sites is 1. The van der Waals surface area contributed by atoms with Gasteiger partial charge in [0.2, 0.25) is 11.8 Å². The standard InChI is InChI=1S/C19H28N2O3/c1-13(2)12-21-14(3)16(9-10-18(21)22)19(23)20-11-15-7-5-6-8-17(15)24-4/h5-8,13-14,16H,9-12H2,1-4H3,(H,20,23)/t14-,16-/m1/s1. The van der Waals surface area contributed by atoms with Crippen LogP contribution in [0.5, 0.6) is 5.75 Å². The maximum absolute atomic E-state index is 12.6. The van der Waals surface area contributed by atoms with Gasteiger partial charge in [0, 0.05) is 31.1 Å². The van der Waals surface area contributed by atoms with Gasteiger partial charge in [-0.15, -0.1) is 0 Å². The molecule has 0 bridgehead atoms. The third-order valence-corrected chi connectivity index (χ3v) is 4.61. The topological polar surface area (TPSA) is 58.6 Å². The van der Waals surface area contributed by atoms with E-state index in [1.807, 2.05) is 36.1 Å². The largest absolute Gasteiger partial charge is 0.496 e. The fourth-order valence-electron chi connectivity index (χ4n) is 3.28. The zero-order valence-corrected chi connectivity index (χ0v) is 15.0. The van der Waals surface area contributed by atoms with Gasteiger partial charge in [-0.1, -0.05) is 32.0 Å². The molecule has 1 aromatic rings. The van der Waals surface area contributed by atoms with Gasteiger partial charge in [0.05, 0.1) is 13.0 Å². The van der Waals surface area contributed by atoms with Crippen LogP contribution in [0.4, 0.5) is 0 Å². The van der Waals surface area contributed by atoms with Crippen LogP contribution in [0.25, 0.3) is 0 Å². The number of hydrogen-bond acceptors (Lipinski definition) is 3. The minimum atomic E-state index is -0.156. The summed E-state index contributed by atoms with van der Waals surface area (Å²) in [5.74, 6) is 1.17. The summed E-state index contributed by atoms with van der Waals surface area (Å²) >= 11 is 0. The molecular weight excluding hydrogens is 304 g/mol. The Labute approximate surface area is 144 Å². The summed E-state index contributed by atoms with van der Waals surface area (Å²) in [5.41, 5.74) is 0.951. The number of likely N-dealkylation sites (tertiary alicyclic amines) is 1. The van der Waals surface area contributed by atoms with Crippen LogP contribution in [-0.2, 0) is 16.1 Å². The first-order valence-corrected chi connectivity index (χ1v) is 8.63. The Hall–Kier alpha value is -2.04. The summed E-state index contributed by atoms with van der Waals surface area (Å²) < 4.78 is 5.31. The van der Waals surface area contributed by atoms with E-state index in [9.17, 15) is 9.59 Å². The molecule has 24 heavy (non-hydrogen) atoms. The van der Waals surface area contributed by atoms with Crippen molar-refractivity contribution in [3.63, 3.8) is 0 Å². The number of piperidine rings is 1. The molecule has 0 aromatic heterocycles. The monoisotopic (exact) mass is 332 g/mol. The Kier molecular flexibility index (Phi) is 6.23. The molecule has 0 aliphatic carbocycles. The minimum absolute atomic E-state index is 0.00895. The number of methoxy groups -OCH3 is 1. The van der Waals surface area contributed by atoms with Gasteiger partial charge in [-0.25, -0.2) is 0 Å². The highest BCUT2D eigenvalue weighted by Gasteiger charge is 2.36. The lowest BCUT2D eigenvalue weighted by Gasteiger charge is -2.39. The van der Waals surface area contributed by atoms with E-state index >= 15 is 0 Å². The van der Waals surface area contributed by atoms with E-state index in [-0.39, 0.29) is 23.8 Å². The van der Waals surface area contributed by atoms with E-state index in [0.717, 1.165) is 11.3 Å². The van der Waals surface area contributed by atoms with Gasteiger partial charge in [-0.05, 0) is 25.3 Å². The first-order chi connectivity index (χ1) is 11.4. The van der Waals surface area contributed by atoms with Gasteiger partial charge >= 0.3 is 0 Å². The van der Waals surface area contributed by atoms with Crippen molar-refractivity contribution in [3.05, 3.63) is 29.8 Å². The summed E-state index contributed by atoms with van der Waals surface area (Å²) in [7, 11) is 1.62. The molecule has 1 aliphatic rings. The van der Waals surface area contributed by atoms with Crippen molar-refractivity contribution in [1.29, 1.82) is 0 Å². The molecule has 0 saturated carbocycles. The molecule has 2 amide bonds. The predicted octanol–water partition coefficient (Wildman–Crippen LogP) is 2.59. The lowest BCUT2D eigenvalue weighted by molar-refractivity contribution is -0.143. The SMILES string of the molecule is COc1ccccc1CNC(=O)[C@@H]1CCC(=O)N(CC(C)C)[C@@H]1C. The maximum Gasteiger partial charge on any atom is 0.225 e. The molecule has 2 rings (SSSR count). The van der Waals surface area contributed by atoms with E-state index in [1.165, 1.54) is 0 Å². The number of ether oxygens (including phenoxy) is 1. The Morgan fingerprint density at radius 3 is 2.75 bits per heavy atom. The molecule has 5 heteroatoms. The van der Waals surface area contributed by atoms with Gasteiger partial charge in [-0.3, -0.25) is 9.59 Å². The fraction of sp³-hybridized carbons (Fsp3) is 0.579. The highest BCUT2D eigenvalue weighted by molar-refractivity contribution is 5.84. The van der Waals surface area contributed by atoms with Crippen LogP contribution in [0.15, 0.2) is 24.3 Å². The Balaban J connectivity index is 2.00. The van der Waals surface area contributed by atoms with Crippen LogP contribution in [-0.4, -0.2) is 36.4 Å². The summed E-state index contributed by atoms with van der Waals surface area (Å²) in [6.45, 7) is 7.30. The quantitative estimate of drug-likeness (QED) is 0.871. The maximum atomic E-state index is 12.6. The van der Waals surface area contributed by atoms with Crippen molar-refractivity contribution in [3.8, 4) is 5.75 Å². The molecule has 1 heterocycles. The molecule has 132 valence electrons. The lowest BCUT2D eigenvalue weighted by atomic mass is 9.88. The number of carbonyl (C=O) groups excluding carboxylic acids is 2. The van der Waals surface area contributed by atoms with Crippen molar-refractivity contribution >= 4 is 11.8 Å². The number of nitrogens with one attached hydrogen (secondary N) is 1. The van der Waals surface area contributed by atoms with Crippen molar-refractivity contribution in [2.24, 2.45) is 11.8 Å². The van der Waals surface area contributed by atoms with Gasteiger partial charge in [-0.2, -0.15) is 0 Å². The van der Waals surface area contributed by atoms with Crippen molar-refractivity contribution in [2.75, 3.05) is 13.7 Å². The number of amides is 2. The van der Waals surface area contributed by atoms with Crippen LogP contribution in [0.3, 0.4) is 0 Å². The third kappa shape index (κ3) is 4.28. The molecule has 0 unspecified atom stereocenters. The molecule has 1 N–H and O–H groups in total. The second-order valence-corrected chi connectivity index (χ2v) is 6.86. The van der Waals surface area contributed by atoms with E-state index in [1.54, 1.807) is 7.11 Å². The molecule has 1 fully saturated rings. The summed E-state index contributed by atoms with van der Waals surface area (Å²) in [6.07, 6.45) is 1.07. The van der Waals surface area contributed by atoms with E-state index in [0.29, 0.717) is 31.8 Å². The number of benzene rings is 1. The average molecular weight is 332 g/mol. The third-order valence-electron chi connectivity index (χ3n) is 4.61. The van der Waals surface area contributed by atoms with E-state index < -0.39 is 0 Å². The van der Waals surface area contributed by atoms with Crippen molar-refractivity contribution in [1.82, 2.24) is 10.2 Å². The van der Waals surface area contributed by atoms with E-state index in [4.69, 9.17) is 4.74 Å². The first kappa shape index (κ1) is 18.3. The highest BCUT2D eigenvalue weighted by atomic mass is 16.5. The Morgan fingerprint density at radius 2 is 2.08 bits per heavy atom. The summed E-state index contributed by atoms with van der Waals surface area (Å²) in [5, 5.41) is 3.01. The zero-order valence-electron chi connectivity index (χ0n) is 15.0. The molecule has 0 radical (unpaired) electrons. The molecular formula is C19H28N2O3. The summed E-state index contributed by atoms with van der Waals surface area (Å²) in [6, 6.07) is 7.59. The smallest absolute Gasteiger partial charge is 0.225 e. The lowest BCUT2D eigenvalue weighted by Crippen LogP contribution is -2.52. The molecule has 1 aromatic carbocycles. The summed E-state index contributed by atoms with van der Waals surface area (Å²) in [4.78, 5) is 26.6. The number of carbonyl (C=O) groups is 2. The number of nitrogens with zero attached hydrogens (tertiary/aromatic N) is 1. The minimum Gasteiger partial charge on any atom is -0.496 e. The normalized spacial score (nSPS) is 21.0. The van der Waals surface area contributed by atoms with Gasteiger partial charge in [0.15, 0.2) is 0 Å². The second kappa shape index (κ2) is 8.18. The molecule has 1 saturated heterocycles.